The zero-order valence-electron chi connectivity index (χ0n) is 10.1. The molecule has 2 aliphatic heterocycles. The molecule has 0 saturated carbocycles. The van der Waals surface area contributed by atoms with Gasteiger partial charge < -0.3 is 15.0 Å². The van der Waals surface area contributed by atoms with Crippen LogP contribution in [0.2, 0.25) is 0 Å². The van der Waals surface area contributed by atoms with Crippen LogP contribution in [0.4, 0.5) is 0 Å². The van der Waals surface area contributed by atoms with Gasteiger partial charge in [-0.15, -0.1) is 0 Å². The Morgan fingerprint density at radius 3 is 3.12 bits per heavy atom. The Morgan fingerprint density at radius 1 is 1.56 bits per heavy atom. The summed E-state index contributed by atoms with van der Waals surface area (Å²) < 4.78 is 5.57. The first-order valence-corrected chi connectivity index (χ1v) is 6.42. The van der Waals surface area contributed by atoms with Gasteiger partial charge in [0, 0.05) is 25.6 Å². The molecule has 2 unspecified atom stereocenters. The van der Waals surface area contributed by atoms with Crippen molar-refractivity contribution in [3.63, 3.8) is 0 Å². The fourth-order valence-corrected chi connectivity index (χ4v) is 2.46. The summed E-state index contributed by atoms with van der Waals surface area (Å²) in [4.78, 5) is 14.0. The maximum atomic E-state index is 12.0. The van der Waals surface area contributed by atoms with Crippen LogP contribution in [0.5, 0.6) is 0 Å². The minimum atomic E-state index is 0.245. The number of rotatable bonds is 3. The van der Waals surface area contributed by atoms with Crippen LogP contribution in [0, 0.1) is 0 Å². The molecule has 4 heteroatoms. The summed E-state index contributed by atoms with van der Waals surface area (Å²) in [6.07, 6.45) is 4.25. The Kier molecular flexibility index (Phi) is 4.18. The summed E-state index contributed by atoms with van der Waals surface area (Å²) in [5.74, 6) is 0.293. The largest absolute Gasteiger partial charge is 0.375 e. The molecule has 2 aliphatic rings. The van der Waals surface area contributed by atoms with Gasteiger partial charge in [0.25, 0.3) is 0 Å². The van der Waals surface area contributed by atoms with E-state index in [2.05, 4.69) is 12.2 Å². The first-order chi connectivity index (χ1) is 7.79. The monoisotopic (exact) mass is 226 g/mol. The molecule has 0 radical (unpaired) electrons. The van der Waals surface area contributed by atoms with E-state index in [0.717, 1.165) is 32.5 Å². The van der Waals surface area contributed by atoms with Gasteiger partial charge in [-0.05, 0) is 25.8 Å². The lowest BCUT2D eigenvalue weighted by Gasteiger charge is -2.33. The van der Waals surface area contributed by atoms with Gasteiger partial charge in [0.05, 0.1) is 12.7 Å². The Morgan fingerprint density at radius 2 is 2.44 bits per heavy atom. The molecule has 0 aromatic rings. The number of carbonyl (C=O) groups excluding carboxylic acids is 1. The molecule has 2 saturated heterocycles. The molecule has 2 atom stereocenters. The summed E-state index contributed by atoms with van der Waals surface area (Å²) in [5.41, 5.74) is 0. The molecule has 16 heavy (non-hydrogen) atoms. The van der Waals surface area contributed by atoms with Crippen molar-refractivity contribution in [1.82, 2.24) is 10.2 Å². The first-order valence-electron chi connectivity index (χ1n) is 6.42. The highest BCUT2D eigenvalue weighted by molar-refractivity contribution is 5.77. The molecule has 2 fully saturated rings. The lowest BCUT2D eigenvalue weighted by molar-refractivity contribution is -0.139. The maximum absolute atomic E-state index is 12.0. The van der Waals surface area contributed by atoms with Crippen LogP contribution in [0.3, 0.4) is 0 Å². The standard InChI is InChI=1S/C12H22N2O2/c1-2-11-9-14(6-7-16-11)12(15)8-10-4-3-5-13-10/h10-11,13H,2-9H2,1H3. The van der Waals surface area contributed by atoms with Gasteiger partial charge in [-0.1, -0.05) is 6.92 Å². The van der Waals surface area contributed by atoms with Gasteiger partial charge >= 0.3 is 0 Å². The van der Waals surface area contributed by atoms with Crippen molar-refractivity contribution < 1.29 is 9.53 Å². The summed E-state index contributed by atoms with van der Waals surface area (Å²) in [6.45, 7) is 5.42. The van der Waals surface area contributed by atoms with Gasteiger partial charge in [-0.25, -0.2) is 0 Å². The molecular formula is C12H22N2O2. The van der Waals surface area contributed by atoms with E-state index in [4.69, 9.17) is 4.74 Å². The summed E-state index contributed by atoms with van der Waals surface area (Å²) in [5, 5.41) is 3.37. The van der Waals surface area contributed by atoms with Gasteiger partial charge in [-0.3, -0.25) is 4.79 Å². The number of morpholine rings is 1. The third-order valence-corrected chi connectivity index (χ3v) is 3.53. The topological polar surface area (TPSA) is 41.6 Å². The Hall–Kier alpha value is -0.610. The lowest BCUT2D eigenvalue weighted by Crippen LogP contribution is -2.46. The molecule has 0 spiro atoms. The van der Waals surface area contributed by atoms with Gasteiger partial charge in [-0.2, -0.15) is 0 Å². The number of ether oxygens (including phenoxy) is 1. The van der Waals surface area contributed by atoms with Crippen molar-refractivity contribution in [3.8, 4) is 0 Å². The van der Waals surface area contributed by atoms with Crippen LogP contribution >= 0.6 is 0 Å². The minimum Gasteiger partial charge on any atom is -0.375 e. The van der Waals surface area contributed by atoms with Crippen LogP contribution in [-0.4, -0.2) is 49.2 Å². The zero-order chi connectivity index (χ0) is 11.4. The number of carbonyl (C=O) groups is 1. The smallest absolute Gasteiger partial charge is 0.224 e. The molecule has 92 valence electrons. The second-order valence-corrected chi connectivity index (χ2v) is 4.74. The number of hydrogen-bond acceptors (Lipinski definition) is 3. The van der Waals surface area contributed by atoms with Crippen molar-refractivity contribution in [3.05, 3.63) is 0 Å². The summed E-state index contributed by atoms with van der Waals surface area (Å²) >= 11 is 0. The van der Waals surface area contributed by atoms with Gasteiger partial charge in [0.1, 0.15) is 0 Å². The highest BCUT2D eigenvalue weighted by Gasteiger charge is 2.25. The third-order valence-electron chi connectivity index (χ3n) is 3.53. The lowest BCUT2D eigenvalue weighted by atomic mass is 10.1. The average Bonchev–Trinajstić information content (AvgIpc) is 2.82. The average molecular weight is 226 g/mol. The van der Waals surface area contributed by atoms with Crippen molar-refractivity contribution >= 4 is 5.91 Å². The first kappa shape index (κ1) is 11.9. The fourth-order valence-electron chi connectivity index (χ4n) is 2.46. The molecule has 1 N–H and O–H groups in total. The van der Waals surface area contributed by atoms with Crippen LogP contribution in [0.15, 0.2) is 0 Å². The van der Waals surface area contributed by atoms with E-state index < -0.39 is 0 Å². The fraction of sp³-hybridized carbons (Fsp3) is 0.917. The Balaban J connectivity index is 1.79. The predicted molar refractivity (Wildman–Crippen MR) is 62.3 cm³/mol. The van der Waals surface area contributed by atoms with Crippen LogP contribution in [0.25, 0.3) is 0 Å². The van der Waals surface area contributed by atoms with E-state index >= 15 is 0 Å². The Bertz CT molecular complexity index is 239. The predicted octanol–water partition coefficient (Wildman–Crippen LogP) is 0.766. The van der Waals surface area contributed by atoms with Crippen LogP contribution < -0.4 is 5.32 Å². The SMILES string of the molecule is CCC1CN(C(=O)CC2CCCN2)CCO1. The summed E-state index contributed by atoms with van der Waals surface area (Å²) in [7, 11) is 0. The van der Waals surface area contributed by atoms with Crippen molar-refractivity contribution in [1.29, 1.82) is 0 Å². The third kappa shape index (κ3) is 2.95. The quantitative estimate of drug-likeness (QED) is 0.772. The Labute approximate surface area is 97.3 Å². The van der Waals surface area contributed by atoms with E-state index in [-0.39, 0.29) is 6.10 Å². The van der Waals surface area contributed by atoms with Crippen LogP contribution in [0.1, 0.15) is 32.6 Å². The molecule has 0 aromatic heterocycles. The molecule has 4 nitrogen and oxygen atoms in total. The second kappa shape index (κ2) is 5.64. The maximum Gasteiger partial charge on any atom is 0.224 e. The molecule has 0 bridgehead atoms. The highest BCUT2D eigenvalue weighted by Crippen LogP contribution is 2.13. The van der Waals surface area contributed by atoms with Gasteiger partial charge in [0.2, 0.25) is 5.91 Å². The molecule has 0 aromatic carbocycles. The molecular weight excluding hydrogens is 204 g/mol. The molecule has 0 aliphatic carbocycles. The van der Waals surface area contributed by atoms with Crippen LogP contribution in [-0.2, 0) is 9.53 Å². The zero-order valence-corrected chi connectivity index (χ0v) is 10.1. The van der Waals surface area contributed by atoms with E-state index in [0.29, 0.717) is 25.0 Å². The highest BCUT2D eigenvalue weighted by atomic mass is 16.5. The molecule has 1 amide bonds. The normalized spacial score (nSPS) is 30.7. The van der Waals surface area contributed by atoms with Gasteiger partial charge in [0.15, 0.2) is 0 Å². The van der Waals surface area contributed by atoms with Crippen molar-refractivity contribution in [2.24, 2.45) is 0 Å². The van der Waals surface area contributed by atoms with Crippen molar-refractivity contribution in [2.45, 2.75) is 44.8 Å². The summed E-state index contributed by atoms with van der Waals surface area (Å²) in [6, 6.07) is 0.412. The molecule has 2 rings (SSSR count). The number of amides is 1. The number of nitrogens with one attached hydrogen (secondary N) is 1. The van der Waals surface area contributed by atoms with E-state index in [1.165, 1.54) is 6.42 Å². The van der Waals surface area contributed by atoms with E-state index in [1.54, 1.807) is 0 Å². The number of hydrogen-bond donors (Lipinski definition) is 1. The van der Waals surface area contributed by atoms with Crippen molar-refractivity contribution in [2.75, 3.05) is 26.2 Å². The molecule has 2 heterocycles. The number of nitrogens with zero attached hydrogens (tertiary/aromatic N) is 1. The van der Waals surface area contributed by atoms with E-state index in [9.17, 15) is 4.79 Å². The second-order valence-electron chi connectivity index (χ2n) is 4.74. The minimum absolute atomic E-state index is 0.245. The van der Waals surface area contributed by atoms with E-state index in [1.807, 2.05) is 4.90 Å².